The fourth-order valence-corrected chi connectivity index (χ4v) is 2.96. The summed E-state index contributed by atoms with van der Waals surface area (Å²) in [4.78, 5) is 24.2. The maximum atomic E-state index is 11.2. The van der Waals surface area contributed by atoms with Crippen LogP contribution >= 0.6 is 11.6 Å². The number of benzene rings is 1. The van der Waals surface area contributed by atoms with E-state index in [-0.39, 0.29) is 11.3 Å². The van der Waals surface area contributed by atoms with Gasteiger partial charge >= 0.3 is 5.97 Å². The predicted octanol–water partition coefficient (Wildman–Crippen LogP) is 2.47. The molecule has 2 unspecified atom stereocenters. The summed E-state index contributed by atoms with van der Waals surface area (Å²) in [6, 6.07) is 6.89. The average molecular weight is 311 g/mol. The predicted molar refractivity (Wildman–Crippen MR) is 81.6 cm³/mol. The maximum absolute atomic E-state index is 11.2. The van der Waals surface area contributed by atoms with E-state index in [2.05, 4.69) is 5.32 Å². The largest absolute Gasteiger partial charge is 0.480 e. The van der Waals surface area contributed by atoms with Gasteiger partial charge in [-0.05, 0) is 37.1 Å². The van der Waals surface area contributed by atoms with Gasteiger partial charge in [-0.2, -0.15) is 0 Å². The smallest absolute Gasteiger partial charge is 0.320 e. The van der Waals surface area contributed by atoms with E-state index in [9.17, 15) is 14.7 Å². The first-order valence-electron chi connectivity index (χ1n) is 6.96. The molecule has 114 valence electrons. The van der Waals surface area contributed by atoms with Gasteiger partial charge in [0.2, 0.25) is 5.91 Å². The van der Waals surface area contributed by atoms with Crippen LogP contribution in [0.5, 0.6) is 0 Å². The summed E-state index contributed by atoms with van der Waals surface area (Å²) in [5.74, 6) is -0.924. The van der Waals surface area contributed by atoms with Crippen molar-refractivity contribution in [3.63, 3.8) is 0 Å². The van der Waals surface area contributed by atoms with E-state index in [1.54, 1.807) is 6.07 Å². The first-order chi connectivity index (χ1) is 9.97. The summed E-state index contributed by atoms with van der Waals surface area (Å²) in [6.07, 6.45) is 1.55. The van der Waals surface area contributed by atoms with Gasteiger partial charge in [0.1, 0.15) is 6.04 Å². The lowest BCUT2D eigenvalue weighted by molar-refractivity contribution is -0.142. The number of carbonyl (C=O) groups is 2. The molecule has 6 heteroatoms. The van der Waals surface area contributed by atoms with Gasteiger partial charge in [0.25, 0.3) is 0 Å². The number of amides is 1. The molecule has 0 radical (unpaired) electrons. The standard InChI is InChI=1S/C15H19ClN2O3/c1-10(19)17-12-5-2-4-11(8-12)13(16)9-18-7-3-6-14(18)15(20)21/h2,4-5,8,13-14H,3,6-7,9H2,1H3,(H,17,19)(H,20,21). The number of carbonyl (C=O) groups excluding carboxylic acids is 1. The third-order valence-electron chi connectivity index (χ3n) is 3.61. The molecular formula is C15H19ClN2O3. The average Bonchev–Trinajstić information content (AvgIpc) is 2.86. The molecule has 2 N–H and O–H groups in total. The summed E-state index contributed by atoms with van der Waals surface area (Å²) < 4.78 is 0. The SMILES string of the molecule is CC(=O)Nc1cccc(C(Cl)CN2CCCC2C(=O)O)c1. The van der Waals surface area contributed by atoms with Gasteiger partial charge in [-0.15, -0.1) is 11.6 Å². The van der Waals surface area contributed by atoms with Crippen LogP contribution in [-0.4, -0.2) is 41.0 Å². The molecule has 1 fully saturated rings. The van der Waals surface area contributed by atoms with E-state index < -0.39 is 12.0 Å². The topological polar surface area (TPSA) is 69.6 Å². The highest BCUT2D eigenvalue weighted by Gasteiger charge is 2.31. The summed E-state index contributed by atoms with van der Waals surface area (Å²) in [5, 5.41) is 11.6. The van der Waals surface area contributed by atoms with Gasteiger partial charge in [0, 0.05) is 19.2 Å². The van der Waals surface area contributed by atoms with Crippen molar-refractivity contribution in [1.29, 1.82) is 0 Å². The van der Waals surface area contributed by atoms with Crippen LogP contribution in [0.25, 0.3) is 0 Å². The third kappa shape index (κ3) is 4.19. The number of hydrogen-bond acceptors (Lipinski definition) is 3. The van der Waals surface area contributed by atoms with E-state index in [0.29, 0.717) is 18.7 Å². The Morgan fingerprint density at radius 2 is 2.29 bits per heavy atom. The van der Waals surface area contributed by atoms with Crippen LogP contribution in [0.3, 0.4) is 0 Å². The summed E-state index contributed by atoms with van der Waals surface area (Å²) in [6.45, 7) is 2.69. The van der Waals surface area contributed by atoms with Gasteiger partial charge < -0.3 is 10.4 Å². The maximum Gasteiger partial charge on any atom is 0.320 e. The zero-order valence-corrected chi connectivity index (χ0v) is 12.6. The molecular weight excluding hydrogens is 292 g/mol. The number of nitrogens with zero attached hydrogens (tertiary/aromatic N) is 1. The molecule has 2 atom stereocenters. The van der Waals surface area contributed by atoms with Crippen molar-refractivity contribution in [2.24, 2.45) is 0 Å². The second-order valence-electron chi connectivity index (χ2n) is 5.27. The summed E-state index contributed by atoms with van der Waals surface area (Å²) >= 11 is 6.42. The molecule has 1 aliphatic heterocycles. The Hall–Kier alpha value is -1.59. The quantitative estimate of drug-likeness (QED) is 0.820. The van der Waals surface area contributed by atoms with Crippen LogP contribution < -0.4 is 5.32 Å². The van der Waals surface area contributed by atoms with E-state index in [1.165, 1.54) is 6.92 Å². The highest BCUT2D eigenvalue weighted by molar-refractivity contribution is 6.21. The number of likely N-dealkylation sites (tertiary alicyclic amines) is 1. The van der Waals surface area contributed by atoms with Crippen molar-refractivity contribution in [3.05, 3.63) is 29.8 Å². The monoisotopic (exact) mass is 310 g/mol. The number of nitrogens with one attached hydrogen (secondary N) is 1. The minimum absolute atomic E-state index is 0.135. The van der Waals surface area contributed by atoms with E-state index in [0.717, 1.165) is 18.5 Å². The number of carboxylic acid groups (broad SMARTS) is 1. The van der Waals surface area contributed by atoms with Crippen LogP contribution in [0.15, 0.2) is 24.3 Å². The second kappa shape index (κ2) is 6.91. The Labute approximate surface area is 128 Å². The minimum Gasteiger partial charge on any atom is -0.480 e. The number of aliphatic carboxylic acids is 1. The number of halogens is 1. The number of hydrogen-bond donors (Lipinski definition) is 2. The second-order valence-corrected chi connectivity index (χ2v) is 5.79. The minimum atomic E-state index is -0.789. The van der Waals surface area contributed by atoms with Crippen molar-refractivity contribution in [2.45, 2.75) is 31.2 Å². The Morgan fingerprint density at radius 1 is 1.52 bits per heavy atom. The normalized spacial score (nSPS) is 20.2. The zero-order valence-electron chi connectivity index (χ0n) is 11.9. The van der Waals surface area contributed by atoms with Gasteiger partial charge in [-0.25, -0.2) is 0 Å². The van der Waals surface area contributed by atoms with E-state index >= 15 is 0 Å². The van der Waals surface area contributed by atoms with Crippen LogP contribution in [0.1, 0.15) is 30.7 Å². The molecule has 0 spiro atoms. The van der Waals surface area contributed by atoms with E-state index in [1.807, 2.05) is 23.1 Å². The van der Waals surface area contributed by atoms with Crippen molar-refractivity contribution in [1.82, 2.24) is 4.90 Å². The van der Waals surface area contributed by atoms with Crippen LogP contribution in [0, 0.1) is 0 Å². The molecule has 1 amide bonds. The molecule has 0 aromatic heterocycles. The van der Waals surface area contributed by atoms with Crippen LogP contribution in [0.2, 0.25) is 0 Å². The van der Waals surface area contributed by atoms with Crippen molar-refractivity contribution < 1.29 is 14.7 Å². The van der Waals surface area contributed by atoms with Gasteiger partial charge in [-0.1, -0.05) is 12.1 Å². The lowest BCUT2D eigenvalue weighted by Crippen LogP contribution is -2.37. The Balaban J connectivity index is 2.04. The molecule has 1 aromatic carbocycles. The summed E-state index contributed by atoms with van der Waals surface area (Å²) in [7, 11) is 0. The third-order valence-corrected chi connectivity index (χ3v) is 4.00. The Morgan fingerprint density at radius 3 is 2.95 bits per heavy atom. The highest BCUT2D eigenvalue weighted by Crippen LogP contribution is 2.27. The highest BCUT2D eigenvalue weighted by atomic mass is 35.5. The summed E-state index contributed by atoms with van der Waals surface area (Å²) in [5.41, 5.74) is 1.57. The van der Waals surface area contributed by atoms with Crippen molar-refractivity contribution in [3.8, 4) is 0 Å². The van der Waals surface area contributed by atoms with Gasteiger partial charge in [0.05, 0.1) is 5.38 Å². The fraction of sp³-hybridized carbons (Fsp3) is 0.467. The number of anilines is 1. The molecule has 5 nitrogen and oxygen atoms in total. The van der Waals surface area contributed by atoms with Crippen LogP contribution in [0.4, 0.5) is 5.69 Å². The van der Waals surface area contributed by atoms with Gasteiger partial charge in [0.15, 0.2) is 0 Å². The van der Waals surface area contributed by atoms with Crippen LogP contribution in [-0.2, 0) is 9.59 Å². The molecule has 1 saturated heterocycles. The Bertz CT molecular complexity index is 535. The number of rotatable bonds is 5. The molecule has 21 heavy (non-hydrogen) atoms. The lowest BCUT2D eigenvalue weighted by Gasteiger charge is -2.24. The molecule has 1 aliphatic rings. The number of carboxylic acids is 1. The molecule has 1 aromatic rings. The fourth-order valence-electron chi connectivity index (χ4n) is 2.65. The first kappa shape index (κ1) is 15.8. The van der Waals surface area contributed by atoms with Crippen molar-refractivity contribution in [2.75, 3.05) is 18.4 Å². The molecule has 0 bridgehead atoms. The molecule has 0 aliphatic carbocycles. The zero-order chi connectivity index (χ0) is 15.4. The van der Waals surface area contributed by atoms with Crippen molar-refractivity contribution >= 4 is 29.2 Å². The van der Waals surface area contributed by atoms with Gasteiger partial charge in [-0.3, -0.25) is 14.5 Å². The molecule has 2 rings (SSSR count). The van der Waals surface area contributed by atoms with E-state index in [4.69, 9.17) is 11.6 Å². The molecule has 1 heterocycles. The first-order valence-corrected chi connectivity index (χ1v) is 7.39. The number of alkyl halides is 1. The Kier molecular flexibility index (Phi) is 5.20. The lowest BCUT2D eigenvalue weighted by atomic mass is 10.1. The molecule has 0 saturated carbocycles.